The van der Waals surface area contributed by atoms with Crippen molar-refractivity contribution < 1.29 is 22.4 Å². The lowest BCUT2D eigenvalue weighted by molar-refractivity contribution is 0.0730. The molecule has 1 saturated heterocycles. The number of carbonyl (C=O) groups is 1. The number of ether oxygens (including phenoxy) is 1. The summed E-state index contributed by atoms with van der Waals surface area (Å²) in [6.45, 7) is 1.46. The molecule has 2 aromatic heterocycles. The molecule has 9 nitrogen and oxygen atoms in total. The predicted molar refractivity (Wildman–Crippen MR) is 123 cm³/mol. The van der Waals surface area contributed by atoms with Crippen LogP contribution in [0.4, 0.5) is 0 Å². The predicted octanol–water partition coefficient (Wildman–Crippen LogP) is 3.21. The van der Waals surface area contributed by atoms with Crippen LogP contribution in [0.15, 0.2) is 69.3 Å². The Morgan fingerprint density at radius 1 is 1.06 bits per heavy atom. The van der Waals surface area contributed by atoms with Gasteiger partial charge in [-0.3, -0.25) is 4.79 Å². The molecule has 0 bridgehead atoms. The Bertz CT molecular complexity index is 1390. The standard InChI is InChI=1S/C22H20N4O5S2/c27-20(18-13-23-19-4-2-1-3-17(18)19)14-32-22-25-24-21(31-22)15-5-7-16(8-6-15)33(28,29)26-9-11-30-12-10-26/h1-8,13,23H,9-12,14H2. The summed E-state index contributed by atoms with van der Waals surface area (Å²) in [4.78, 5) is 15.9. The number of fused-ring (bicyclic) bond motifs is 1. The van der Waals surface area contributed by atoms with Crippen LogP contribution in [0.2, 0.25) is 0 Å². The summed E-state index contributed by atoms with van der Waals surface area (Å²) in [7, 11) is -3.57. The van der Waals surface area contributed by atoms with Gasteiger partial charge in [-0.1, -0.05) is 30.0 Å². The molecule has 170 valence electrons. The van der Waals surface area contributed by atoms with Gasteiger partial charge >= 0.3 is 0 Å². The van der Waals surface area contributed by atoms with Gasteiger partial charge in [0.2, 0.25) is 15.9 Å². The quantitative estimate of drug-likeness (QED) is 0.314. The van der Waals surface area contributed by atoms with E-state index in [2.05, 4.69) is 15.2 Å². The number of Topliss-reactive ketones (excluding diaryl/α,β-unsaturated/α-hetero) is 1. The Labute approximate surface area is 194 Å². The summed E-state index contributed by atoms with van der Waals surface area (Å²) in [5.41, 5.74) is 2.12. The first-order chi connectivity index (χ1) is 16.0. The topological polar surface area (TPSA) is 118 Å². The molecule has 0 spiro atoms. The molecule has 1 aliphatic heterocycles. The lowest BCUT2D eigenvalue weighted by Crippen LogP contribution is -2.40. The second-order valence-corrected chi connectivity index (χ2v) is 10.2. The molecule has 11 heteroatoms. The first-order valence-electron chi connectivity index (χ1n) is 10.3. The number of thioether (sulfide) groups is 1. The van der Waals surface area contributed by atoms with Crippen LogP contribution in [0.1, 0.15) is 10.4 Å². The first-order valence-corrected chi connectivity index (χ1v) is 12.7. The lowest BCUT2D eigenvalue weighted by Gasteiger charge is -2.26. The molecule has 2 aromatic carbocycles. The van der Waals surface area contributed by atoms with Gasteiger partial charge in [0.1, 0.15) is 0 Å². The van der Waals surface area contributed by atoms with Crippen molar-refractivity contribution in [2.75, 3.05) is 32.1 Å². The van der Waals surface area contributed by atoms with Crippen molar-refractivity contribution in [2.45, 2.75) is 10.1 Å². The molecule has 1 aliphatic rings. The number of nitrogens with zero attached hydrogens (tertiary/aromatic N) is 3. The van der Waals surface area contributed by atoms with Gasteiger partial charge in [0.25, 0.3) is 5.22 Å². The molecule has 0 saturated carbocycles. The average Bonchev–Trinajstić information content (AvgIpc) is 3.51. The van der Waals surface area contributed by atoms with Crippen LogP contribution in [0.3, 0.4) is 0 Å². The van der Waals surface area contributed by atoms with Crippen molar-refractivity contribution in [3.8, 4) is 11.5 Å². The fourth-order valence-corrected chi connectivity index (χ4v) is 5.65. The van der Waals surface area contributed by atoms with E-state index in [0.717, 1.165) is 22.7 Å². The Morgan fingerprint density at radius 3 is 2.61 bits per heavy atom. The highest BCUT2D eigenvalue weighted by Gasteiger charge is 2.26. The van der Waals surface area contributed by atoms with Crippen molar-refractivity contribution in [3.63, 3.8) is 0 Å². The number of aromatic nitrogens is 3. The molecular weight excluding hydrogens is 464 g/mol. The molecule has 4 aromatic rings. The Morgan fingerprint density at radius 2 is 1.82 bits per heavy atom. The van der Waals surface area contributed by atoms with Gasteiger partial charge in [-0.05, 0) is 30.3 Å². The minimum atomic E-state index is -3.57. The van der Waals surface area contributed by atoms with Crippen molar-refractivity contribution in [1.82, 2.24) is 19.5 Å². The third-order valence-electron chi connectivity index (χ3n) is 5.33. The number of sulfonamides is 1. The van der Waals surface area contributed by atoms with Gasteiger partial charge in [0.05, 0.1) is 23.9 Å². The third kappa shape index (κ3) is 4.44. The summed E-state index contributed by atoms with van der Waals surface area (Å²) in [5.74, 6) is 0.363. The van der Waals surface area contributed by atoms with Crippen LogP contribution in [0.5, 0.6) is 0 Å². The van der Waals surface area contributed by atoms with Crippen LogP contribution < -0.4 is 0 Å². The maximum atomic E-state index is 12.7. The van der Waals surface area contributed by atoms with E-state index in [4.69, 9.17) is 9.15 Å². The number of hydrogen-bond donors (Lipinski definition) is 1. The number of morpholine rings is 1. The van der Waals surface area contributed by atoms with Crippen LogP contribution in [-0.2, 0) is 14.8 Å². The van der Waals surface area contributed by atoms with Crippen LogP contribution in [0.25, 0.3) is 22.4 Å². The molecule has 1 fully saturated rings. The normalized spacial score (nSPS) is 15.2. The smallest absolute Gasteiger partial charge is 0.277 e. The van der Waals surface area contributed by atoms with E-state index in [1.165, 1.54) is 16.4 Å². The van der Waals surface area contributed by atoms with Gasteiger partial charge in [0, 0.05) is 41.3 Å². The van der Waals surface area contributed by atoms with E-state index in [9.17, 15) is 13.2 Å². The number of benzene rings is 2. The zero-order valence-electron chi connectivity index (χ0n) is 17.4. The van der Waals surface area contributed by atoms with Crippen LogP contribution >= 0.6 is 11.8 Å². The molecule has 0 atom stereocenters. The molecule has 0 amide bonds. The van der Waals surface area contributed by atoms with Gasteiger partial charge < -0.3 is 14.1 Å². The van der Waals surface area contributed by atoms with Gasteiger partial charge in [-0.2, -0.15) is 4.31 Å². The van der Waals surface area contributed by atoms with E-state index in [1.807, 2.05) is 24.3 Å². The molecule has 0 aliphatic carbocycles. The number of aromatic amines is 1. The maximum Gasteiger partial charge on any atom is 0.277 e. The zero-order chi connectivity index (χ0) is 22.8. The second-order valence-electron chi connectivity index (χ2n) is 7.37. The summed E-state index contributed by atoms with van der Waals surface area (Å²) in [6, 6.07) is 13.9. The second kappa shape index (κ2) is 9.10. The van der Waals surface area contributed by atoms with Crippen molar-refractivity contribution in [2.24, 2.45) is 0 Å². The Kier molecular flexibility index (Phi) is 6.02. The highest BCUT2D eigenvalue weighted by molar-refractivity contribution is 7.99. The summed E-state index contributed by atoms with van der Waals surface area (Å²) >= 11 is 1.16. The summed E-state index contributed by atoms with van der Waals surface area (Å²) < 4.78 is 37.8. The third-order valence-corrected chi connectivity index (χ3v) is 8.06. The van der Waals surface area contributed by atoms with Gasteiger partial charge in [0.15, 0.2) is 5.78 Å². The number of ketones is 1. The number of rotatable bonds is 7. The van der Waals surface area contributed by atoms with Gasteiger partial charge in [-0.15, -0.1) is 10.2 Å². The highest BCUT2D eigenvalue weighted by atomic mass is 32.2. The SMILES string of the molecule is O=C(CSc1nnc(-c2ccc(S(=O)(=O)N3CCOCC3)cc2)o1)c1c[nH]c2ccccc12. The number of H-pyrrole nitrogens is 1. The van der Waals surface area contributed by atoms with E-state index >= 15 is 0 Å². The molecule has 33 heavy (non-hydrogen) atoms. The summed E-state index contributed by atoms with van der Waals surface area (Å²) in [5, 5.41) is 9.17. The lowest BCUT2D eigenvalue weighted by atomic mass is 10.1. The maximum absolute atomic E-state index is 12.7. The molecular formula is C22H20N4O5S2. The molecule has 5 rings (SSSR count). The minimum absolute atomic E-state index is 0.0464. The van der Waals surface area contributed by atoms with Crippen molar-refractivity contribution in [1.29, 1.82) is 0 Å². The molecule has 1 N–H and O–H groups in total. The van der Waals surface area contributed by atoms with E-state index < -0.39 is 10.0 Å². The summed E-state index contributed by atoms with van der Waals surface area (Å²) in [6.07, 6.45) is 1.71. The fourth-order valence-electron chi connectivity index (χ4n) is 3.60. The molecule has 0 unspecified atom stereocenters. The zero-order valence-corrected chi connectivity index (χ0v) is 19.1. The molecule has 3 heterocycles. The van der Waals surface area contributed by atoms with Crippen LogP contribution in [-0.4, -0.2) is 65.7 Å². The largest absolute Gasteiger partial charge is 0.411 e. The minimum Gasteiger partial charge on any atom is -0.411 e. The highest BCUT2D eigenvalue weighted by Crippen LogP contribution is 2.27. The van der Waals surface area contributed by atoms with Crippen LogP contribution in [0, 0.1) is 0 Å². The first kappa shape index (κ1) is 21.8. The fraction of sp³-hybridized carbons (Fsp3) is 0.227. The monoisotopic (exact) mass is 484 g/mol. The number of nitrogens with one attached hydrogen (secondary N) is 1. The number of para-hydroxylation sites is 1. The number of hydrogen-bond acceptors (Lipinski definition) is 8. The number of carbonyl (C=O) groups excluding carboxylic acids is 1. The molecule has 0 radical (unpaired) electrons. The van der Waals surface area contributed by atoms with E-state index in [1.54, 1.807) is 18.3 Å². The average molecular weight is 485 g/mol. The van der Waals surface area contributed by atoms with Crippen molar-refractivity contribution >= 4 is 38.5 Å². The van der Waals surface area contributed by atoms with E-state index in [-0.39, 0.29) is 27.5 Å². The van der Waals surface area contributed by atoms with E-state index in [0.29, 0.717) is 37.4 Å². The van der Waals surface area contributed by atoms with Crippen molar-refractivity contribution in [3.05, 3.63) is 60.3 Å². The Hall–Kier alpha value is -2.99. The van der Waals surface area contributed by atoms with Gasteiger partial charge in [-0.25, -0.2) is 8.42 Å². The Balaban J connectivity index is 1.25.